The Hall–Kier alpha value is -1.60. The van der Waals surface area contributed by atoms with Gasteiger partial charge in [-0.05, 0) is 36.8 Å². The Bertz CT molecular complexity index is 536. The Kier molecular flexibility index (Phi) is 4.29. The topological polar surface area (TPSA) is 38.7 Å². The fourth-order valence-corrected chi connectivity index (χ4v) is 3.39. The minimum absolute atomic E-state index is 0.374. The molecule has 0 saturated heterocycles. The lowest BCUT2D eigenvalue weighted by Crippen LogP contribution is -2.23. The summed E-state index contributed by atoms with van der Waals surface area (Å²) in [6.45, 7) is 6.38. The van der Waals surface area contributed by atoms with E-state index in [9.17, 15) is 4.79 Å². The first-order chi connectivity index (χ1) is 9.55. The van der Waals surface area contributed by atoms with Crippen LogP contribution in [0.3, 0.4) is 0 Å². The Labute approximate surface area is 121 Å². The summed E-state index contributed by atoms with van der Waals surface area (Å²) in [5, 5.41) is 0. The van der Waals surface area contributed by atoms with E-state index in [4.69, 9.17) is 4.74 Å². The summed E-state index contributed by atoms with van der Waals surface area (Å²) in [5.41, 5.74) is 3.00. The fraction of sp³-hybridized carbons (Fsp3) is 0.588. The van der Waals surface area contributed by atoms with E-state index >= 15 is 0 Å². The minimum atomic E-state index is -0.432. The second-order valence-corrected chi connectivity index (χ2v) is 5.98. The lowest BCUT2D eigenvalue weighted by Gasteiger charge is -2.30. The Morgan fingerprint density at radius 2 is 1.95 bits per heavy atom. The molecule has 0 radical (unpaired) electrons. The highest BCUT2D eigenvalue weighted by molar-refractivity contribution is 5.53. The number of methoxy groups -OCH3 is 1. The first-order valence-electron chi connectivity index (χ1n) is 7.32. The first kappa shape index (κ1) is 14.8. The number of benzene rings is 1. The van der Waals surface area contributed by atoms with Crippen LogP contribution in [-0.4, -0.2) is 13.2 Å². The largest absolute Gasteiger partial charge is 0.496 e. The van der Waals surface area contributed by atoms with Gasteiger partial charge in [0.1, 0.15) is 11.3 Å². The third-order valence-electron chi connectivity index (χ3n) is 4.37. The minimum Gasteiger partial charge on any atom is -0.496 e. The van der Waals surface area contributed by atoms with Crippen molar-refractivity contribution in [3.05, 3.63) is 28.8 Å². The molecule has 0 amide bonds. The number of aliphatic imine (C=N–C) groups is 1. The number of hydrogen-bond donors (Lipinski definition) is 0. The normalized spacial score (nSPS) is 17.1. The SMILES string of the molecule is COc1c(C)ccc(C(C)C)c1C1(N=C=O)CCCC1. The van der Waals surface area contributed by atoms with E-state index in [0.29, 0.717) is 5.92 Å². The molecule has 0 N–H and O–H groups in total. The second kappa shape index (κ2) is 5.80. The molecular formula is C17H23NO2. The molecule has 1 aromatic carbocycles. The second-order valence-electron chi connectivity index (χ2n) is 5.98. The molecule has 0 aromatic heterocycles. The van der Waals surface area contributed by atoms with Crippen LogP contribution < -0.4 is 4.74 Å². The molecule has 1 fully saturated rings. The zero-order valence-corrected chi connectivity index (χ0v) is 12.8. The van der Waals surface area contributed by atoms with Crippen LogP contribution in [0.5, 0.6) is 5.75 Å². The van der Waals surface area contributed by atoms with Gasteiger partial charge in [-0.15, -0.1) is 0 Å². The number of nitrogens with zero attached hydrogens (tertiary/aromatic N) is 1. The first-order valence-corrected chi connectivity index (χ1v) is 7.32. The van der Waals surface area contributed by atoms with Gasteiger partial charge < -0.3 is 4.74 Å². The number of ether oxygens (including phenoxy) is 1. The third-order valence-corrected chi connectivity index (χ3v) is 4.37. The van der Waals surface area contributed by atoms with Crippen molar-refractivity contribution in [1.29, 1.82) is 0 Å². The summed E-state index contributed by atoms with van der Waals surface area (Å²) in [5.74, 6) is 1.26. The monoisotopic (exact) mass is 273 g/mol. The zero-order valence-electron chi connectivity index (χ0n) is 12.8. The van der Waals surface area contributed by atoms with Crippen molar-refractivity contribution < 1.29 is 9.53 Å². The Morgan fingerprint density at radius 1 is 1.30 bits per heavy atom. The summed E-state index contributed by atoms with van der Waals surface area (Å²) in [6.07, 6.45) is 5.81. The predicted octanol–water partition coefficient (Wildman–Crippen LogP) is 4.23. The van der Waals surface area contributed by atoms with Crippen molar-refractivity contribution in [2.75, 3.05) is 7.11 Å². The van der Waals surface area contributed by atoms with Gasteiger partial charge in [-0.2, -0.15) is 4.99 Å². The molecule has 108 valence electrons. The van der Waals surface area contributed by atoms with Crippen molar-refractivity contribution in [3.63, 3.8) is 0 Å². The number of isocyanates is 1. The van der Waals surface area contributed by atoms with Gasteiger partial charge >= 0.3 is 0 Å². The van der Waals surface area contributed by atoms with E-state index in [2.05, 4.69) is 31.0 Å². The summed E-state index contributed by atoms with van der Waals surface area (Å²) in [7, 11) is 1.70. The van der Waals surface area contributed by atoms with Crippen LogP contribution in [0.2, 0.25) is 0 Å². The third kappa shape index (κ3) is 2.38. The lowest BCUT2D eigenvalue weighted by atomic mass is 9.80. The molecule has 0 atom stereocenters. The van der Waals surface area contributed by atoms with Crippen LogP contribution in [0, 0.1) is 6.92 Å². The van der Waals surface area contributed by atoms with Gasteiger partial charge in [0.05, 0.1) is 7.11 Å². The van der Waals surface area contributed by atoms with Gasteiger partial charge in [0.25, 0.3) is 0 Å². The maximum absolute atomic E-state index is 11.0. The van der Waals surface area contributed by atoms with Crippen LogP contribution in [0.4, 0.5) is 0 Å². The molecule has 0 spiro atoms. The molecule has 0 bridgehead atoms. The smallest absolute Gasteiger partial charge is 0.235 e. The average Bonchev–Trinajstić information content (AvgIpc) is 2.88. The predicted molar refractivity (Wildman–Crippen MR) is 80.1 cm³/mol. The van der Waals surface area contributed by atoms with Crippen molar-refractivity contribution in [2.24, 2.45) is 4.99 Å². The van der Waals surface area contributed by atoms with Crippen molar-refractivity contribution in [3.8, 4) is 5.75 Å². The lowest BCUT2D eigenvalue weighted by molar-refractivity contribution is 0.373. The molecule has 1 saturated carbocycles. The van der Waals surface area contributed by atoms with Crippen LogP contribution in [0.25, 0.3) is 0 Å². The highest BCUT2D eigenvalue weighted by Crippen LogP contribution is 2.49. The molecule has 0 unspecified atom stereocenters. The summed E-state index contributed by atoms with van der Waals surface area (Å²) in [4.78, 5) is 15.2. The summed E-state index contributed by atoms with van der Waals surface area (Å²) >= 11 is 0. The van der Waals surface area contributed by atoms with E-state index in [-0.39, 0.29) is 0 Å². The molecule has 20 heavy (non-hydrogen) atoms. The molecule has 1 aliphatic rings. The average molecular weight is 273 g/mol. The maximum Gasteiger partial charge on any atom is 0.235 e. The summed E-state index contributed by atoms with van der Waals surface area (Å²) in [6, 6.07) is 4.24. The van der Waals surface area contributed by atoms with Crippen molar-refractivity contribution >= 4 is 6.08 Å². The standard InChI is InChI=1S/C17H23NO2/c1-12(2)14-8-7-13(3)16(20-4)15(14)17(18-11-19)9-5-6-10-17/h7-8,12H,5-6,9-10H2,1-4H3. The van der Waals surface area contributed by atoms with Gasteiger partial charge in [0, 0.05) is 5.56 Å². The van der Waals surface area contributed by atoms with E-state index in [1.165, 1.54) is 5.56 Å². The molecule has 3 heteroatoms. The molecule has 1 aliphatic carbocycles. The number of carbonyl (C=O) groups excluding carboxylic acids is 1. The highest BCUT2D eigenvalue weighted by Gasteiger charge is 2.40. The zero-order chi connectivity index (χ0) is 14.8. The number of hydrogen-bond acceptors (Lipinski definition) is 3. The van der Waals surface area contributed by atoms with Crippen LogP contribution in [-0.2, 0) is 10.3 Å². The van der Waals surface area contributed by atoms with E-state index in [1.54, 1.807) is 13.2 Å². The van der Waals surface area contributed by atoms with Gasteiger partial charge in [0.15, 0.2) is 0 Å². The van der Waals surface area contributed by atoms with E-state index in [1.807, 2.05) is 6.92 Å². The highest BCUT2D eigenvalue weighted by atomic mass is 16.5. The molecule has 3 nitrogen and oxygen atoms in total. The Morgan fingerprint density at radius 3 is 2.45 bits per heavy atom. The number of rotatable bonds is 4. The molecule has 1 aromatic rings. The quantitative estimate of drug-likeness (QED) is 0.608. The van der Waals surface area contributed by atoms with Gasteiger partial charge in [-0.25, -0.2) is 4.79 Å². The van der Waals surface area contributed by atoms with Crippen LogP contribution in [0.1, 0.15) is 62.1 Å². The van der Waals surface area contributed by atoms with Gasteiger partial charge in [-0.3, -0.25) is 0 Å². The van der Waals surface area contributed by atoms with E-state index < -0.39 is 5.54 Å². The molecule has 2 rings (SSSR count). The number of aryl methyl sites for hydroxylation is 1. The van der Waals surface area contributed by atoms with Crippen LogP contribution >= 0.6 is 0 Å². The van der Waals surface area contributed by atoms with Gasteiger partial charge in [0.2, 0.25) is 6.08 Å². The van der Waals surface area contributed by atoms with Crippen molar-refractivity contribution in [2.45, 2.75) is 57.9 Å². The maximum atomic E-state index is 11.0. The molecular weight excluding hydrogens is 250 g/mol. The molecule has 0 heterocycles. The Balaban J connectivity index is 2.75. The van der Waals surface area contributed by atoms with Gasteiger partial charge in [-0.1, -0.05) is 38.8 Å². The molecule has 0 aliphatic heterocycles. The summed E-state index contributed by atoms with van der Waals surface area (Å²) < 4.78 is 5.66. The van der Waals surface area contributed by atoms with Crippen molar-refractivity contribution in [1.82, 2.24) is 0 Å². The van der Waals surface area contributed by atoms with Crippen LogP contribution in [0.15, 0.2) is 17.1 Å². The fourth-order valence-electron chi connectivity index (χ4n) is 3.39. The van der Waals surface area contributed by atoms with E-state index in [0.717, 1.165) is 42.6 Å².